The van der Waals surface area contributed by atoms with Crippen LogP contribution < -0.4 is 10.2 Å². The van der Waals surface area contributed by atoms with Crippen molar-refractivity contribution in [2.75, 3.05) is 13.7 Å². The monoisotopic (exact) mass is 338 g/mol. The summed E-state index contributed by atoms with van der Waals surface area (Å²) in [5, 5.41) is 0. The predicted molar refractivity (Wildman–Crippen MR) is 92.7 cm³/mol. The van der Waals surface area contributed by atoms with Crippen LogP contribution in [0, 0.1) is 0 Å². The van der Waals surface area contributed by atoms with Gasteiger partial charge in [0.1, 0.15) is 11.5 Å². The van der Waals surface area contributed by atoms with Gasteiger partial charge in [-0.15, -0.1) is 0 Å². The van der Waals surface area contributed by atoms with Crippen LogP contribution in [0.3, 0.4) is 0 Å². The fourth-order valence-electron chi connectivity index (χ4n) is 3.32. The minimum Gasteiger partial charge on any atom is -0.491 e. The van der Waals surface area contributed by atoms with Crippen molar-refractivity contribution in [1.82, 2.24) is 19.9 Å². The number of carbonyl (C=O) groups excluding carboxylic acids is 1. The molecule has 0 aliphatic carbocycles. The normalized spacial score (nSPS) is 17.2. The fourth-order valence-corrected chi connectivity index (χ4v) is 3.32. The first-order valence-corrected chi connectivity index (χ1v) is 8.19. The number of nitrogens with zero attached hydrogens (tertiary/aromatic N) is 2. The minimum absolute atomic E-state index is 0.120. The molecule has 4 rings (SSSR count). The summed E-state index contributed by atoms with van der Waals surface area (Å²) in [6, 6.07) is 8.96. The molecule has 0 spiro atoms. The lowest BCUT2D eigenvalue weighted by atomic mass is 10.2. The number of pyridine rings is 1. The Morgan fingerprint density at radius 1 is 1.36 bits per heavy atom. The van der Waals surface area contributed by atoms with E-state index in [-0.39, 0.29) is 28.8 Å². The maximum absolute atomic E-state index is 12.9. The second-order valence-corrected chi connectivity index (χ2v) is 6.08. The van der Waals surface area contributed by atoms with E-state index in [4.69, 9.17) is 4.74 Å². The van der Waals surface area contributed by atoms with E-state index >= 15 is 0 Å². The number of aromatic amines is 2. The highest BCUT2D eigenvalue weighted by molar-refractivity contribution is 5.92. The summed E-state index contributed by atoms with van der Waals surface area (Å²) in [6.45, 7) is 0.634. The number of fused-ring (bicyclic) bond motifs is 1. The van der Waals surface area contributed by atoms with Gasteiger partial charge in [-0.3, -0.25) is 9.59 Å². The molecule has 1 fully saturated rings. The predicted octanol–water partition coefficient (Wildman–Crippen LogP) is 2.24. The zero-order chi connectivity index (χ0) is 17.4. The number of para-hydroxylation sites is 2. The van der Waals surface area contributed by atoms with E-state index < -0.39 is 0 Å². The molecule has 1 aromatic carbocycles. The SMILES string of the molecule is COc1c[nH]c(C(=O)N2CCC[C@H]2c2nc3ccccc3[nH]2)cc1=O. The Bertz CT molecular complexity index is 958. The van der Waals surface area contributed by atoms with Gasteiger partial charge in [0.2, 0.25) is 5.43 Å². The summed E-state index contributed by atoms with van der Waals surface area (Å²) in [6.07, 6.45) is 3.15. The number of benzene rings is 1. The Morgan fingerprint density at radius 2 is 2.20 bits per heavy atom. The highest BCUT2D eigenvalue weighted by Crippen LogP contribution is 2.32. The van der Waals surface area contributed by atoms with Gasteiger partial charge in [0.25, 0.3) is 5.91 Å². The van der Waals surface area contributed by atoms with E-state index in [0.717, 1.165) is 29.7 Å². The van der Waals surface area contributed by atoms with Crippen molar-refractivity contribution in [3.8, 4) is 5.75 Å². The van der Waals surface area contributed by atoms with Gasteiger partial charge in [-0.2, -0.15) is 0 Å². The van der Waals surface area contributed by atoms with Crippen molar-refractivity contribution in [3.63, 3.8) is 0 Å². The second-order valence-electron chi connectivity index (χ2n) is 6.08. The number of hydrogen-bond donors (Lipinski definition) is 2. The van der Waals surface area contributed by atoms with Crippen molar-refractivity contribution < 1.29 is 9.53 Å². The average molecular weight is 338 g/mol. The van der Waals surface area contributed by atoms with Crippen LogP contribution in [0.15, 0.2) is 41.3 Å². The fraction of sp³-hybridized carbons (Fsp3) is 0.278. The number of likely N-dealkylation sites (tertiary alicyclic amines) is 1. The minimum atomic E-state index is -0.316. The van der Waals surface area contributed by atoms with Gasteiger partial charge < -0.3 is 19.6 Å². The van der Waals surface area contributed by atoms with Crippen molar-refractivity contribution >= 4 is 16.9 Å². The van der Waals surface area contributed by atoms with E-state index in [1.54, 1.807) is 4.90 Å². The average Bonchev–Trinajstić information content (AvgIpc) is 3.27. The van der Waals surface area contributed by atoms with Crippen molar-refractivity contribution in [2.24, 2.45) is 0 Å². The molecule has 1 amide bonds. The summed E-state index contributed by atoms with van der Waals surface area (Å²) in [5.74, 6) is 0.762. The number of H-pyrrole nitrogens is 2. The number of amides is 1. The van der Waals surface area contributed by atoms with E-state index in [0.29, 0.717) is 6.54 Å². The molecule has 7 heteroatoms. The molecule has 0 unspecified atom stereocenters. The van der Waals surface area contributed by atoms with Gasteiger partial charge in [0, 0.05) is 18.8 Å². The van der Waals surface area contributed by atoms with Crippen LogP contribution in [0.1, 0.15) is 35.2 Å². The van der Waals surface area contributed by atoms with E-state index in [1.165, 1.54) is 19.4 Å². The van der Waals surface area contributed by atoms with Crippen molar-refractivity contribution in [2.45, 2.75) is 18.9 Å². The first-order chi connectivity index (χ1) is 12.2. The molecular formula is C18H18N4O3. The Balaban J connectivity index is 1.65. The lowest BCUT2D eigenvalue weighted by Crippen LogP contribution is -2.32. The maximum Gasteiger partial charge on any atom is 0.271 e. The molecule has 1 atom stereocenters. The molecule has 0 bridgehead atoms. The van der Waals surface area contributed by atoms with Crippen LogP contribution in [0.4, 0.5) is 0 Å². The summed E-state index contributed by atoms with van der Waals surface area (Å²) in [5.41, 5.74) is 1.78. The largest absolute Gasteiger partial charge is 0.491 e. The molecule has 0 saturated carbocycles. The molecule has 1 saturated heterocycles. The molecule has 2 aromatic heterocycles. The number of imidazole rings is 1. The molecule has 128 valence electrons. The van der Waals surface area contributed by atoms with Crippen LogP contribution in [-0.2, 0) is 0 Å². The summed E-state index contributed by atoms with van der Waals surface area (Å²) >= 11 is 0. The van der Waals surface area contributed by atoms with Gasteiger partial charge >= 0.3 is 0 Å². The third-order valence-corrected chi connectivity index (χ3v) is 4.56. The highest BCUT2D eigenvalue weighted by atomic mass is 16.5. The smallest absolute Gasteiger partial charge is 0.271 e. The number of nitrogens with one attached hydrogen (secondary N) is 2. The lowest BCUT2D eigenvalue weighted by molar-refractivity contribution is 0.0724. The second kappa shape index (κ2) is 6.08. The third kappa shape index (κ3) is 2.67. The molecule has 25 heavy (non-hydrogen) atoms. The van der Waals surface area contributed by atoms with Gasteiger partial charge in [-0.1, -0.05) is 12.1 Å². The molecule has 1 aliphatic heterocycles. The van der Waals surface area contributed by atoms with Crippen LogP contribution in [0.2, 0.25) is 0 Å². The quantitative estimate of drug-likeness (QED) is 0.766. The maximum atomic E-state index is 12.9. The molecule has 3 aromatic rings. The van der Waals surface area contributed by atoms with Gasteiger partial charge in [-0.25, -0.2) is 4.98 Å². The molecule has 0 radical (unpaired) electrons. The van der Waals surface area contributed by atoms with Crippen molar-refractivity contribution in [1.29, 1.82) is 0 Å². The molecule has 1 aliphatic rings. The van der Waals surface area contributed by atoms with Crippen LogP contribution in [0.25, 0.3) is 11.0 Å². The number of hydrogen-bond acceptors (Lipinski definition) is 4. The third-order valence-electron chi connectivity index (χ3n) is 4.56. The Morgan fingerprint density at radius 3 is 2.96 bits per heavy atom. The summed E-state index contributed by atoms with van der Waals surface area (Å²) in [4.78, 5) is 37.3. The summed E-state index contributed by atoms with van der Waals surface area (Å²) < 4.78 is 4.95. The van der Waals surface area contributed by atoms with Gasteiger partial charge in [-0.05, 0) is 25.0 Å². The Kier molecular flexibility index (Phi) is 3.76. The summed E-state index contributed by atoms with van der Waals surface area (Å²) in [7, 11) is 1.42. The lowest BCUT2D eigenvalue weighted by Gasteiger charge is -2.23. The van der Waals surface area contributed by atoms with Crippen molar-refractivity contribution in [3.05, 3.63) is 58.3 Å². The highest BCUT2D eigenvalue weighted by Gasteiger charge is 2.33. The van der Waals surface area contributed by atoms with E-state index in [9.17, 15) is 9.59 Å². The van der Waals surface area contributed by atoms with Gasteiger partial charge in [0.15, 0.2) is 5.75 Å². The Labute approximate surface area is 143 Å². The topological polar surface area (TPSA) is 91.1 Å². The molecule has 2 N–H and O–H groups in total. The number of carbonyl (C=O) groups is 1. The molecule has 3 heterocycles. The standard InChI is InChI=1S/C18H18N4O3/c1-25-16-10-19-13(9-15(16)23)18(24)22-8-4-7-14(22)17-20-11-5-2-3-6-12(11)21-17/h2-3,5-6,9-10,14H,4,7-8H2,1H3,(H,19,23)(H,20,21)/t14-/m0/s1. The number of methoxy groups -OCH3 is 1. The number of aromatic nitrogens is 3. The van der Waals surface area contributed by atoms with E-state index in [1.807, 2.05) is 24.3 Å². The zero-order valence-electron chi connectivity index (χ0n) is 13.8. The van der Waals surface area contributed by atoms with Crippen LogP contribution in [0.5, 0.6) is 5.75 Å². The first kappa shape index (κ1) is 15.4. The van der Waals surface area contributed by atoms with Crippen LogP contribution >= 0.6 is 0 Å². The Hall–Kier alpha value is -3.09. The van der Waals surface area contributed by atoms with Crippen LogP contribution in [-0.4, -0.2) is 39.4 Å². The molecule has 7 nitrogen and oxygen atoms in total. The molecular weight excluding hydrogens is 320 g/mol. The van der Waals surface area contributed by atoms with E-state index in [2.05, 4.69) is 15.0 Å². The van der Waals surface area contributed by atoms with Gasteiger partial charge in [0.05, 0.1) is 24.2 Å². The number of rotatable bonds is 3. The zero-order valence-corrected chi connectivity index (χ0v) is 13.8. The number of ether oxygens (including phenoxy) is 1. The first-order valence-electron chi connectivity index (χ1n) is 8.19.